The highest BCUT2D eigenvalue weighted by Gasteiger charge is 2.24. The minimum atomic E-state index is -0.684. The van der Waals surface area contributed by atoms with Crippen LogP contribution in [0, 0.1) is 6.92 Å². The Morgan fingerprint density at radius 1 is 1.20 bits per heavy atom. The zero-order valence-corrected chi connectivity index (χ0v) is 12.1. The van der Waals surface area contributed by atoms with E-state index < -0.39 is 6.10 Å². The van der Waals surface area contributed by atoms with Gasteiger partial charge in [-0.1, -0.05) is 35.9 Å². The number of ether oxygens (including phenoxy) is 1. The van der Waals surface area contributed by atoms with Gasteiger partial charge in [0.15, 0.2) is 0 Å². The number of aliphatic hydroxyl groups is 1. The third kappa shape index (κ3) is 2.82. The van der Waals surface area contributed by atoms with E-state index in [0.29, 0.717) is 11.1 Å². The molecule has 1 atom stereocenters. The van der Waals surface area contributed by atoms with Gasteiger partial charge in [0, 0.05) is 5.02 Å². The van der Waals surface area contributed by atoms with E-state index in [1.165, 1.54) is 0 Å². The Balaban J connectivity index is 1.89. The van der Waals surface area contributed by atoms with Crippen LogP contribution in [-0.2, 0) is 0 Å². The summed E-state index contributed by atoms with van der Waals surface area (Å²) in [5.74, 6) is 0.823. The largest absolute Gasteiger partial charge is 0.490 e. The molecule has 0 spiro atoms. The van der Waals surface area contributed by atoms with Crippen LogP contribution in [0.3, 0.4) is 0 Å². The Hall–Kier alpha value is -1.51. The number of hydrogen-bond acceptors (Lipinski definition) is 2. The molecule has 0 aliphatic heterocycles. The van der Waals surface area contributed by atoms with E-state index >= 15 is 0 Å². The molecule has 1 fully saturated rings. The summed E-state index contributed by atoms with van der Waals surface area (Å²) in [5.41, 5.74) is 2.57. The van der Waals surface area contributed by atoms with Gasteiger partial charge in [0.2, 0.25) is 0 Å². The molecule has 2 nitrogen and oxygen atoms in total. The van der Waals surface area contributed by atoms with E-state index in [1.54, 1.807) is 0 Å². The van der Waals surface area contributed by atoms with E-state index in [9.17, 15) is 5.11 Å². The molecular formula is C17H17ClO2. The van der Waals surface area contributed by atoms with Crippen LogP contribution >= 0.6 is 11.6 Å². The molecule has 0 saturated heterocycles. The first kappa shape index (κ1) is 13.5. The van der Waals surface area contributed by atoms with Crippen molar-refractivity contribution in [2.45, 2.75) is 32.0 Å². The first-order chi connectivity index (χ1) is 9.65. The molecule has 3 rings (SSSR count). The van der Waals surface area contributed by atoms with Gasteiger partial charge in [-0.25, -0.2) is 0 Å². The van der Waals surface area contributed by atoms with E-state index in [0.717, 1.165) is 35.3 Å². The average molecular weight is 289 g/mol. The second-order valence-corrected chi connectivity index (χ2v) is 5.65. The molecule has 104 valence electrons. The maximum atomic E-state index is 10.6. The van der Waals surface area contributed by atoms with Gasteiger partial charge in [0.1, 0.15) is 11.9 Å². The summed E-state index contributed by atoms with van der Waals surface area (Å²) < 4.78 is 5.77. The molecule has 1 aliphatic rings. The highest BCUT2D eigenvalue weighted by atomic mass is 35.5. The fraction of sp³-hybridized carbons (Fsp3) is 0.294. The third-order valence-corrected chi connectivity index (χ3v) is 4.01. The quantitative estimate of drug-likeness (QED) is 0.910. The van der Waals surface area contributed by atoms with Crippen LogP contribution < -0.4 is 4.74 Å². The zero-order valence-electron chi connectivity index (χ0n) is 11.3. The molecule has 1 unspecified atom stereocenters. The normalized spacial score (nSPS) is 15.9. The SMILES string of the molecule is Cc1c(Cl)cccc1C(O)c1cccc(OC2CC2)c1. The Kier molecular flexibility index (Phi) is 3.68. The maximum Gasteiger partial charge on any atom is 0.120 e. The standard InChI is InChI=1S/C17H17ClO2/c1-11-15(6-3-7-16(11)18)17(19)12-4-2-5-14(10-12)20-13-8-9-13/h2-7,10,13,17,19H,8-9H2,1H3. The Labute approximate surface area is 124 Å². The molecule has 1 saturated carbocycles. The Morgan fingerprint density at radius 2 is 1.95 bits per heavy atom. The second kappa shape index (κ2) is 5.47. The van der Waals surface area contributed by atoms with Crippen LogP contribution in [0.5, 0.6) is 5.75 Å². The van der Waals surface area contributed by atoms with Crippen molar-refractivity contribution in [3.63, 3.8) is 0 Å². The average Bonchev–Trinajstić information content (AvgIpc) is 3.25. The molecule has 3 heteroatoms. The van der Waals surface area contributed by atoms with Gasteiger partial charge >= 0.3 is 0 Å². The van der Waals surface area contributed by atoms with Crippen molar-refractivity contribution in [1.29, 1.82) is 0 Å². The number of aliphatic hydroxyl groups excluding tert-OH is 1. The molecule has 2 aromatic carbocycles. The second-order valence-electron chi connectivity index (χ2n) is 5.25. The summed E-state index contributed by atoms with van der Waals surface area (Å²) in [4.78, 5) is 0. The van der Waals surface area contributed by atoms with Crippen molar-refractivity contribution in [2.75, 3.05) is 0 Å². The van der Waals surface area contributed by atoms with Crippen molar-refractivity contribution < 1.29 is 9.84 Å². The molecular weight excluding hydrogens is 272 g/mol. The molecule has 1 N–H and O–H groups in total. The van der Waals surface area contributed by atoms with Gasteiger partial charge in [-0.15, -0.1) is 0 Å². The smallest absolute Gasteiger partial charge is 0.120 e. The topological polar surface area (TPSA) is 29.5 Å². The van der Waals surface area contributed by atoms with Crippen molar-refractivity contribution >= 4 is 11.6 Å². The summed E-state index contributed by atoms with van der Waals surface area (Å²) in [5, 5.41) is 11.2. The highest BCUT2D eigenvalue weighted by Crippen LogP contribution is 2.32. The summed E-state index contributed by atoms with van der Waals surface area (Å²) >= 11 is 6.12. The summed E-state index contributed by atoms with van der Waals surface area (Å²) in [6, 6.07) is 13.3. The van der Waals surface area contributed by atoms with Crippen molar-refractivity contribution in [1.82, 2.24) is 0 Å². The van der Waals surface area contributed by atoms with Gasteiger partial charge in [0.25, 0.3) is 0 Å². The minimum Gasteiger partial charge on any atom is -0.490 e. The molecule has 0 heterocycles. The van der Waals surface area contributed by atoms with E-state index in [2.05, 4.69) is 0 Å². The van der Waals surface area contributed by atoms with Crippen molar-refractivity contribution in [2.24, 2.45) is 0 Å². The first-order valence-corrected chi connectivity index (χ1v) is 7.22. The van der Waals surface area contributed by atoms with Crippen molar-refractivity contribution in [3.05, 3.63) is 64.2 Å². The molecule has 0 amide bonds. The van der Waals surface area contributed by atoms with Crippen LogP contribution in [0.1, 0.15) is 35.6 Å². The number of halogens is 1. The Bertz CT molecular complexity index is 620. The van der Waals surface area contributed by atoms with Crippen LogP contribution in [0.2, 0.25) is 5.02 Å². The lowest BCUT2D eigenvalue weighted by Crippen LogP contribution is -2.03. The summed E-state index contributed by atoms with van der Waals surface area (Å²) in [6.07, 6.45) is 1.92. The summed E-state index contributed by atoms with van der Waals surface area (Å²) in [7, 11) is 0. The molecule has 1 aliphatic carbocycles. The highest BCUT2D eigenvalue weighted by molar-refractivity contribution is 6.31. The molecule has 0 radical (unpaired) electrons. The third-order valence-electron chi connectivity index (χ3n) is 3.61. The lowest BCUT2D eigenvalue weighted by molar-refractivity contribution is 0.218. The van der Waals surface area contributed by atoms with Gasteiger partial charge in [-0.05, 0) is 54.7 Å². The lowest BCUT2D eigenvalue weighted by atomic mass is 9.97. The summed E-state index contributed by atoms with van der Waals surface area (Å²) in [6.45, 7) is 1.92. The number of rotatable bonds is 4. The van der Waals surface area contributed by atoms with E-state index in [4.69, 9.17) is 16.3 Å². The molecule has 0 bridgehead atoms. The van der Waals surface area contributed by atoms with Gasteiger partial charge in [-0.3, -0.25) is 0 Å². The monoisotopic (exact) mass is 288 g/mol. The minimum absolute atomic E-state index is 0.357. The zero-order chi connectivity index (χ0) is 14.1. The molecule has 0 aromatic heterocycles. The van der Waals surface area contributed by atoms with Crippen molar-refractivity contribution in [3.8, 4) is 5.75 Å². The van der Waals surface area contributed by atoms with Crippen LogP contribution in [0.25, 0.3) is 0 Å². The fourth-order valence-corrected chi connectivity index (χ4v) is 2.42. The van der Waals surface area contributed by atoms with E-state index in [1.807, 2.05) is 49.4 Å². The van der Waals surface area contributed by atoms with E-state index in [-0.39, 0.29) is 0 Å². The fourth-order valence-electron chi connectivity index (χ4n) is 2.24. The van der Waals surface area contributed by atoms with Crippen LogP contribution in [-0.4, -0.2) is 11.2 Å². The number of hydrogen-bond donors (Lipinski definition) is 1. The van der Waals surface area contributed by atoms with Crippen LogP contribution in [0.4, 0.5) is 0 Å². The van der Waals surface area contributed by atoms with Gasteiger partial charge in [0.05, 0.1) is 6.10 Å². The predicted octanol–water partition coefficient (Wildman–Crippen LogP) is 4.27. The molecule has 2 aromatic rings. The number of benzene rings is 2. The lowest BCUT2D eigenvalue weighted by Gasteiger charge is -2.16. The predicted molar refractivity (Wildman–Crippen MR) is 80.3 cm³/mol. The molecule has 20 heavy (non-hydrogen) atoms. The van der Waals surface area contributed by atoms with Gasteiger partial charge < -0.3 is 9.84 Å². The van der Waals surface area contributed by atoms with Gasteiger partial charge in [-0.2, -0.15) is 0 Å². The maximum absolute atomic E-state index is 10.6. The first-order valence-electron chi connectivity index (χ1n) is 6.85. The van der Waals surface area contributed by atoms with Crippen LogP contribution in [0.15, 0.2) is 42.5 Å². The Morgan fingerprint density at radius 3 is 2.70 bits per heavy atom.